The normalized spacial score (nSPS) is 18.8. The minimum Gasteiger partial charge on any atom is -0.320 e. The van der Waals surface area contributed by atoms with Crippen molar-refractivity contribution in [1.29, 1.82) is 0 Å². The molecule has 1 amide bonds. The third-order valence-corrected chi connectivity index (χ3v) is 3.25. The van der Waals surface area contributed by atoms with Crippen LogP contribution in [0, 0.1) is 16.0 Å². The number of rotatable bonds is 4. The molecule has 6 heteroatoms. The highest BCUT2D eigenvalue weighted by Gasteiger charge is 2.19. The summed E-state index contributed by atoms with van der Waals surface area (Å²) in [6.45, 7) is 1.84. The lowest BCUT2D eigenvalue weighted by Gasteiger charge is -2.22. The molecule has 1 atom stereocenters. The molecule has 0 aromatic heterocycles. The molecular formula is C13H17N3O3. The SMILES string of the molecule is O=C(CC1CCCNC1)Nc1ccccc1[N+](=O)[O-]. The van der Waals surface area contributed by atoms with Gasteiger partial charge in [-0.1, -0.05) is 12.1 Å². The van der Waals surface area contributed by atoms with E-state index in [0.717, 1.165) is 25.9 Å². The van der Waals surface area contributed by atoms with Gasteiger partial charge in [-0.05, 0) is 37.9 Å². The molecule has 1 aliphatic rings. The summed E-state index contributed by atoms with van der Waals surface area (Å²) < 4.78 is 0. The van der Waals surface area contributed by atoms with E-state index in [1.165, 1.54) is 6.07 Å². The second-order valence-corrected chi connectivity index (χ2v) is 4.74. The number of amides is 1. The molecular weight excluding hydrogens is 246 g/mol. The Morgan fingerprint density at radius 1 is 1.47 bits per heavy atom. The number of carbonyl (C=O) groups is 1. The van der Waals surface area contributed by atoms with E-state index >= 15 is 0 Å². The molecule has 6 nitrogen and oxygen atoms in total. The third kappa shape index (κ3) is 3.75. The molecule has 1 aromatic rings. The predicted octanol–water partition coefficient (Wildman–Crippen LogP) is 1.92. The smallest absolute Gasteiger partial charge is 0.292 e. The number of nitro groups is 1. The fourth-order valence-electron chi connectivity index (χ4n) is 2.30. The number of nitrogens with zero attached hydrogens (tertiary/aromatic N) is 1. The molecule has 2 rings (SSSR count). The number of piperidine rings is 1. The monoisotopic (exact) mass is 263 g/mol. The maximum atomic E-state index is 11.9. The van der Waals surface area contributed by atoms with Gasteiger partial charge >= 0.3 is 0 Å². The van der Waals surface area contributed by atoms with Crippen molar-refractivity contribution in [2.75, 3.05) is 18.4 Å². The molecule has 1 fully saturated rings. The number of hydrogen-bond acceptors (Lipinski definition) is 4. The van der Waals surface area contributed by atoms with Crippen LogP contribution in [0.25, 0.3) is 0 Å². The first-order chi connectivity index (χ1) is 9.16. The average Bonchev–Trinajstić information content (AvgIpc) is 2.40. The summed E-state index contributed by atoms with van der Waals surface area (Å²) in [5.41, 5.74) is 0.193. The van der Waals surface area contributed by atoms with Gasteiger partial charge in [-0.25, -0.2) is 0 Å². The first kappa shape index (κ1) is 13.5. The highest BCUT2D eigenvalue weighted by atomic mass is 16.6. The second-order valence-electron chi connectivity index (χ2n) is 4.74. The van der Waals surface area contributed by atoms with Gasteiger partial charge in [0, 0.05) is 12.5 Å². The van der Waals surface area contributed by atoms with Crippen LogP contribution in [0.4, 0.5) is 11.4 Å². The van der Waals surface area contributed by atoms with E-state index in [1.54, 1.807) is 18.2 Å². The first-order valence-corrected chi connectivity index (χ1v) is 6.41. The molecule has 0 saturated carbocycles. The van der Waals surface area contributed by atoms with Crippen LogP contribution in [-0.4, -0.2) is 23.9 Å². The van der Waals surface area contributed by atoms with E-state index in [2.05, 4.69) is 10.6 Å². The van der Waals surface area contributed by atoms with Crippen LogP contribution in [0.2, 0.25) is 0 Å². The number of para-hydroxylation sites is 2. The maximum absolute atomic E-state index is 11.9. The Bertz CT molecular complexity index is 470. The molecule has 1 aliphatic heterocycles. The summed E-state index contributed by atoms with van der Waals surface area (Å²) in [5.74, 6) is 0.152. The van der Waals surface area contributed by atoms with Gasteiger partial charge in [0.25, 0.3) is 5.69 Å². The van der Waals surface area contributed by atoms with E-state index < -0.39 is 4.92 Å². The Morgan fingerprint density at radius 3 is 2.95 bits per heavy atom. The molecule has 0 radical (unpaired) electrons. The highest BCUT2D eigenvalue weighted by molar-refractivity contribution is 5.93. The van der Waals surface area contributed by atoms with Crippen LogP contribution in [0.15, 0.2) is 24.3 Å². The van der Waals surface area contributed by atoms with Crippen LogP contribution < -0.4 is 10.6 Å². The quantitative estimate of drug-likeness (QED) is 0.642. The van der Waals surface area contributed by atoms with Crippen LogP contribution in [-0.2, 0) is 4.79 Å². The second kappa shape index (κ2) is 6.29. The van der Waals surface area contributed by atoms with E-state index in [0.29, 0.717) is 12.3 Å². The lowest BCUT2D eigenvalue weighted by molar-refractivity contribution is -0.383. The topological polar surface area (TPSA) is 84.3 Å². The van der Waals surface area contributed by atoms with Crippen molar-refractivity contribution in [2.45, 2.75) is 19.3 Å². The van der Waals surface area contributed by atoms with Crippen LogP contribution >= 0.6 is 0 Å². The molecule has 2 N–H and O–H groups in total. The Hall–Kier alpha value is -1.95. The average molecular weight is 263 g/mol. The predicted molar refractivity (Wildman–Crippen MR) is 71.9 cm³/mol. The van der Waals surface area contributed by atoms with Crippen molar-refractivity contribution in [3.63, 3.8) is 0 Å². The van der Waals surface area contributed by atoms with Crippen molar-refractivity contribution in [2.24, 2.45) is 5.92 Å². The van der Waals surface area contributed by atoms with Gasteiger partial charge in [-0.3, -0.25) is 14.9 Å². The Morgan fingerprint density at radius 2 is 2.26 bits per heavy atom. The molecule has 0 bridgehead atoms. The maximum Gasteiger partial charge on any atom is 0.292 e. The molecule has 0 aliphatic carbocycles. The fourth-order valence-corrected chi connectivity index (χ4v) is 2.30. The van der Waals surface area contributed by atoms with Gasteiger partial charge in [0.1, 0.15) is 5.69 Å². The lowest BCUT2D eigenvalue weighted by atomic mass is 9.96. The fraction of sp³-hybridized carbons (Fsp3) is 0.462. The molecule has 1 heterocycles. The molecule has 0 spiro atoms. The van der Waals surface area contributed by atoms with E-state index in [-0.39, 0.29) is 17.3 Å². The zero-order valence-electron chi connectivity index (χ0n) is 10.6. The number of hydrogen-bond donors (Lipinski definition) is 2. The van der Waals surface area contributed by atoms with Crippen molar-refractivity contribution < 1.29 is 9.72 Å². The van der Waals surface area contributed by atoms with Crippen LogP contribution in [0.1, 0.15) is 19.3 Å². The van der Waals surface area contributed by atoms with Crippen LogP contribution in [0.3, 0.4) is 0 Å². The van der Waals surface area contributed by atoms with Gasteiger partial charge in [0.2, 0.25) is 5.91 Å². The Balaban J connectivity index is 1.96. The minimum absolute atomic E-state index is 0.0716. The highest BCUT2D eigenvalue weighted by Crippen LogP contribution is 2.24. The van der Waals surface area contributed by atoms with E-state index in [9.17, 15) is 14.9 Å². The minimum atomic E-state index is -0.488. The zero-order chi connectivity index (χ0) is 13.7. The number of nitrogens with one attached hydrogen (secondary N) is 2. The summed E-state index contributed by atoms with van der Waals surface area (Å²) in [4.78, 5) is 22.2. The Labute approximate surface area is 111 Å². The van der Waals surface area contributed by atoms with Gasteiger partial charge in [-0.2, -0.15) is 0 Å². The summed E-state index contributed by atoms with van der Waals surface area (Å²) >= 11 is 0. The molecule has 102 valence electrons. The molecule has 1 aromatic carbocycles. The number of benzene rings is 1. The van der Waals surface area contributed by atoms with Gasteiger partial charge in [0.05, 0.1) is 4.92 Å². The van der Waals surface area contributed by atoms with Crippen molar-refractivity contribution in [3.05, 3.63) is 34.4 Å². The molecule has 19 heavy (non-hydrogen) atoms. The van der Waals surface area contributed by atoms with Crippen molar-refractivity contribution in [3.8, 4) is 0 Å². The Kier molecular flexibility index (Phi) is 4.46. The van der Waals surface area contributed by atoms with Gasteiger partial charge in [0.15, 0.2) is 0 Å². The zero-order valence-corrected chi connectivity index (χ0v) is 10.6. The number of nitro benzene ring substituents is 1. The summed E-state index contributed by atoms with van der Waals surface area (Å²) in [5, 5.41) is 16.7. The van der Waals surface area contributed by atoms with E-state index in [1.807, 2.05) is 0 Å². The largest absolute Gasteiger partial charge is 0.320 e. The first-order valence-electron chi connectivity index (χ1n) is 6.41. The third-order valence-electron chi connectivity index (χ3n) is 3.25. The van der Waals surface area contributed by atoms with Crippen molar-refractivity contribution >= 4 is 17.3 Å². The van der Waals surface area contributed by atoms with Gasteiger partial charge in [-0.15, -0.1) is 0 Å². The van der Waals surface area contributed by atoms with Gasteiger partial charge < -0.3 is 10.6 Å². The standard InChI is InChI=1S/C13H17N3O3/c17-13(8-10-4-3-7-14-9-10)15-11-5-1-2-6-12(11)16(18)19/h1-2,5-6,10,14H,3-4,7-9H2,(H,15,17). The number of carbonyl (C=O) groups excluding carboxylic acids is 1. The summed E-state index contributed by atoms with van der Waals surface area (Å²) in [6, 6.07) is 6.19. The van der Waals surface area contributed by atoms with Crippen molar-refractivity contribution in [1.82, 2.24) is 5.32 Å². The summed E-state index contributed by atoms with van der Waals surface area (Å²) in [6.07, 6.45) is 2.50. The molecule has 1 saturated heterocycles. The van der Waals surface area contributed by atoms with E-state index in [4.69, 9.17) is 0 Å². The molecule has 1 unspecified atom stereocenters. The lowest BCUT2D eigenvalue weighted by Crippen LogP contribution is -2.32. The van der Waals surface area contributed by atoms with Crippen LogP contribution in [0.5, 0.6) is 0 Å². The number of anilines is 1. The summed E-state index contributed by atoms with van der Waals surface area (Å²) in [7, 11) is 0.